The van der Waals surface area contributed by atoms with Gasteiger partial charge in [-0.3, -0.25) is 0 Å². The number of hydrogen-bond donors (Lipinski definition) is 1. The quantitative estimate of drug-likeness (QED) is 0.718. The van der Waals surface area contributed by atoms with Crippen molar-refractivity contribution in [2.45, 2.75) is 25.3 Å². The molecule has 0 amide bonds. The van der Waals surface area contributed by atoms with E-state index >= 15 is 0 Å². The minimum absolute atomic E-state index is 0.0503. The zero-order valence-corrected chi connectivity index (χ0v) is 7.53. The largest absolute Gasteiger partial charge is 0.321 e. The topological polar surface area (TPSA) is 26.0 Å². The highest BCUT2D eigenvalue weighted by molar-refractivity contribution is 7.08. The van der Waals surface area contributed by atoms with Gasteiger partial charge in [0.2, 0.25) is 0 Å². The summed E-state index contributed by atoms with van der Waals surface area (Å²) in [6, 6.07) is 2.15. The van der Waals surface area contributed by atoms with Crippen molar-refractivity contribution in [2.75, 3.05) is 0 Å². The molecule has 1 fully saturated rings. The van der Waals surface area contributed by atoms with Crippen LogP contribution < -0.4 is 5.73 Å². The van der Waals surface area contributed by atoms with Gasteiger partial charge >= 0.3 is 0 Å². The standard InChI is InChI=1S/C9H13NS/c1-2-7-5-9(7,10)8-3-4-11-6-8/h3-4,6-7H,2,5,10H2,1H3. The summed E-state index contributed by atoms with van der Waals surface area (Å²) < 4.78 is 0. The Kier molecular flexibility index (Phi) is 1.55. The van der Waals surface area contributed by atoms with E-state index in [0.717, 1.165) is 5.92 Å². The van der Waals surface area contributed by atoms with Crippen molar-refractivity contribution in [1.82, 2.24) is 0 Å². The molecule has 1 aliphatic rings. The molecule has 1 nitrogen and oxygen atoms in total. The highest BCUT2D eigenvalue weighted by atomic mass is 32.1. The molecular formula is C9H13NS. The van der Waals surface area contributed by atoms with Gasteiger partial charge in [-0.05, 0) is 34.7 Å². The molecule has 2 heteroatoms. The maximum atomic E-state index is 6.17. The maximum absolute atomic E-state index is 6.17. The first-order chi connectivity index (χ1) is 5.27. The van der Waals surface area contributed by atoms with Gasteiger partial charge in [0, 0.05) is 5.54 Å². The lowest BCUT2D eigenvalue weighted by molar-refractivity contribution is 0.617. The Morgan fingerprint density at radius 2 is 2.64 bits per heavy atom. The van der Waals surface area contributed by atoms with E-state index in [4.69, 9.17) is 5.73 Å². The fraction of sp³-hybridized carbons (Fsp3) is 0.556. The second-order valence-corrected chi connectivity index (χ2v) is 4.14. The zero-order valence-electron chi connectivity index (χ0n) is 6.71. The van der Waals surface area contributed by atoms with Crippen LogP contribution in [0.5, 0.6) is 0 Å². The van der Waals surface area contributed by atoms with E-state index < -0.39 is 0 Å². The lowest BCUT2D eigenvalue weighted by Gasteiger charge is -2.07. The average Bonchev–Trinajstić information content (AvgIpc) is 2.55. The molecule has 0 aromatic carbocycles. The summed E-state index contributed by atoms with van der Waals surface area (Å²) in [7, 11) is 0. The molecule has 2 N–H and O–H groups in total. The summed E-state index contributed by atoms with van der Waals surface area (Å²) in [6.45, 7) is 2.21. The van der Waals surface area contributed by atoms with Crippen molar-refractivity contribution in [3.05, 3.63) is 22.4 Å². The van der Waals surface area contributed by atoms with Crippen molar-refractivity contribution in [3.63, 3.8) is 0 Å². The van der Waals surface area contributed by atoms with E-state index in [-0.39, 0.29) is 5.54 Å². The summed E-state index contributed by atoms with van der Waals surface area (Å²) in [4.78, 5) is 0. The SMILES string of the molecule is CCC1CC1(N)c1ccsc1. The number of thiophene rings is 1. The third kappa shape index (κ3) is 1.01. The Bertz CT molecular complexity index is 242. The van der Waals surface area contributed by atoms with Gasteiger partial charge in [0.1, 0.15) is 0 Å². The van der Waals surface area contributed by atoms with Gasteiger partial charge in [-0.15, -0.1) is 0 Å². The van der Waals surface area contributed by atoms with Crippen LogP contribution in [0.25, 0.3) is 0 Å². The molecule has 60 valence electrons. The second-order valence-electron chi connectivity index (χ2n) is 3.36. The van der Waals surface area contributed by atoms with E-state index in [1.165, 1.54) is 18.4 Å². The van der Waals surface area contributed by atoms with Crippen LogP contribution in [0.2, 0.25) is 0 Å². The molecule has 1 saturated carbocycles. The number of hydrogen-bond acceptors (Lipinski definition) is 2. The van der Waals surface area contributed by atoms with Crippen molar-refractivity contribution in [1.29, 1.82) is 0 Å². The molecule has 2 unspecified atom stereocenters. The van der Waals surface area contributed by atoms with Crippen LogP contribution in [0.15, 0.2) is 16.8 Å². The van der Waals surface area contributed by atoms with E-state index in [1.54, 1.807) is 11.3 Å². The summed E-state index contributed by atoms with van der Waals surface area (Å²) in [5.41, 5.74) is 7.57. The molecular weight excluding hydrogens is 154 g/mol. The first kappa shape index (κ1) is 7.32. The molecule has 0 saturated heterocycles. The van der Waals surface area contributed by atoms with Crippen LogP contribution in [0.1, 0.15) is 25.3 Å². The monoisotopic (exact) mass is 167 g/mol. The fourth-order valence-electron chi connectivity index (χ4n) is 1.74. The molecule has 1 aromatic rings. The molecule has 1 aliphatic carbocycles. The Labute approximate surface area is 71.2 Å². The summed E-state index contributed by atoms with van der Waals surface area (Å²) >= 11 is 1.74. The lowest BCUT2D eigenvalue weighted by atomic mass is 10.1. The number of nitrogens with two attached hydrogens (primary N) is 1. The van der Waals surface area contributed by atoms with E-state index in [2.05, 4.69) is 23.8 Å². The van der Waals surface area contributed by atoms with Gasteiger partial charge in [0.05, 0.1) is 0 Å². The maximum Gasteiger partial charge on any atom is 0.0450 e. The fourth-order valence-corrected chi connectivity index (χ4v) is 2.49. The Balaban J connectivity index is 2.19. The lowest BCUT2D eigenvalue weighted by Crippen LogP contribution is -2.20. The molecule has 1 aromatic heterocycles. The van der Waals surface area contributed by atoms with Gasteiger partial charge in [0.25, 0.3) is 0 Å². The molecule has 0 bridgehead atoms. The van der Waals surface area contributed by atoms with Crippen molar-refractivity contribution < 1.29 is 0 Å². The zero-order chi connectivity index (χ0) is 7.90. The molecule has 2 atom stereocenters. The van der Waals surface area contributed by atoms with Crippen LogP contribution in [-0.4, -0.2) is 0 Å². The van der Waals surface area contributed by atoms with E-state index in [1.807, 2.05) is 0 Å². The predicted molar refractivity (Wildman–Crippen MR) is 48.6 cm³/mol. The minimum Gasteiger partial charge on any atom is -0.321 e. The number of rotatable bonds is 2. The van der Waals surface area contributed by atoms with Crippen LogP contribution in [0, 0.1) is 5.92 Å². The summed E-state index contributed by atoms with van der Waals surface area (Å²) in [6.07, 6.45) is 2.40. The van der Waals surface area contributed by atoms with E-state index in [9.17, 15) is 0 Å². The molecule has 11 heavy (non-hydrogen) atoms. The van der Waals surface area contributed by atoms with Crippen LogP contribution in [0.4, 0.5) is 0 Å². The third-order valence-electron chi connectivity index (χ3n) is 2.70. The molecule has 0 radical (unpaired) electrons. The van der Waals surface area contributed by atoms with Gasteiger partial charge in [-0.25, -0.2) is 0 Å². The van der Waals surface area contributed by atoms with Gasteiger partial charge < -0.3 is 5.73 Å². The Hall–Kier alpha value is -0.340. The van der Waals surface area contributed by atoms with Gasteiger partial charge in [0.15, 0.2) is 0 Å². The minimum atomic E-state index is 0.0503. The first-order valence-electron chi connectivity index (χ1n) is 4.09. The average molecular weight is 167 g/mol. The Morgan fingerprint density at radius 3 is 3.09 bits per heavy atom. The van der Waals surface area contributed by atoms with Crippen LogP contribution >= 0.6 is 11.3 Å². The molecule has 0 aliphatic heterocycles. The van der Waals surface area contributed by atoms with Crippen LogP contribution in [-0.2, 0) is 5.54 Å². The molecule has 0 spiro atoms. The smallest absolute Gasteiger partial charge is 0.0450 e. The van der Waals surface area contributed by atoms with Gasteiger partial charge in [-0.1, -0.05) is 13.3 Å². The second kappa shape index (κ2) is 2.32. The molecule has 1 heterocycles. The molecule has 2 rings (SSSR count). The third-order valence-corrected chi connectivity index (χ3v) is 3.39. The predicted octanol–water partition coefficient (Wildman–Crippen LogP) is 2.33. The summed E-state index contributed by atoms with van der Waals surface area (Å²) in [5.74, 6) is 0.733. The van der Waals surface area contributed by atoms with Crippen molar-refractivity contribution in [2.24, 2.45) is 11.7 Å². The van der Waals surface area contributed by atoms with E-state index in [0.29, 0.717) is 0 Å². The highest BCUT2D eigenvalue weighted by Crippen LogP contribution is 2.51. The normalized spacial score (nSPS) is 35.6. The van der Waals surface area contributed by atoms with Crippen LogP contribution in [0.3, 0.4) is 0 Å². The van der Waals surface area contributed by atoms with Crippen molar-refractivity contribution >= 4 is 11.3 Å². The first-order valence-corrected chi connectivity index (χ1v) is 5.03. The Morgan fingerprint density at radius 1 is 1.82 bits per heavy atom. The highest BCUT2D eigenvalue weighted by Gasteiger charge is 2.50. The van der Waals surface area contributed by atoms with Gasteiger partial charge in [-0.2, -0.15) is 11.3 Å². The van der Waals surface area contributed by atoms with Crippen molar-refractivity contribution in [3.8, 4) is 0 Å². The summed E-state index contributed by atoms with van der Waals surface area (Å²) in [5, 5.41) is 4.28.